The van der Waals surface area contributed by atoms with E-state index in [2.05, 4.69) is 52.0 Å². The van der Waals surface area contributed by atoms with E-state index in [9.17, 15) is 0 Å². The lowest BCUT2D eigenvalue weighted by atomic mass is 9.50. The second-order valence-electron chi connectivity index (χ2n) is 8.82. The van der Waals surface area contributed by atoms with Crippen LogP contribution < -0.4 is 0 Å². The molecule has 0 unspecified atom stereocenters. The summed E-state index contributed by atoms with van der Waals surface area (Å²) < 4.78 is 18.5. The molecule has 2 heterocycles. The van der Waals surface area contributed by atoms with Crippen molar-refractivity contribution in [3.05, 3.63) is 47.2 Å². The van der Waals surface area contributed by atoms with Gasteiger partial charge in [-0.1, -0.05) is 43.7 Å². The van der Waals surface area contributed by atoms with Crippen molar-refractivity contribution in [3.8, 4) is 0 Å². The number of furan rings is 1. The maximum atomic E-state index is 6.77. The highest BCUT2D eigenvalue weighted by molar-refractivity contribution is 6.60. The third-order valence-corrected chi connectivity index (χ3v) is 7.25. The van der Waals surface area contributed by atoms with Crippen molar-refractivity contribution >= 4 is 29.7 Å². The first kappa shape index (κ1) is 16.9. The summed E-state index contributed by atoms with van der Waals surface area (Å²) in [4.78, 5) is 0. The maximum Gasteiger partial charge on any atom is 0.477 e. The first-order valence-electron chi connectivity index (χ1n) is 9.45. The zero-order valence-corrected chi connectivity index (χ0v) is 16.5. The molecule has 1 saturated heterocycles. The lowest BCUT2D eigenvalue weighted by molar-refractivity contribution is -0.0652. The quantitative estimate of drug-likeness (QED) is 0.429. The fraction of sp³-hybridized carbons (Fsp3) is 0.524. The van der Waals surface area contributed by atoms with Gasteiger partial charge >= 0.3 is 7.12 Å². The molecule has 1 saturated carbocycles. The van der Waals surface area contributed by atoms with Gasteiger partial charge in [-0.05, 0) is 43.2 Å². The van der Waals surface area contributed by atoms with Crippen molar-refractivity contribution in [2.24, 2.45) is 11.3 Å². The van der Waals surface area contributed by atoms with Gasteiger partial charge < -0.3 is 13.7 Å². The highest BCUT2D eigenvalue weighted by atomic mass is 35.5. The number of fused-ring (bicyclic) bond motifs is 1. The van der Waals surface area contributed by atoms with Crippen LogP contribution >= 0.6 is 11.6 Å². The summed E-state index contributed by atoms with van der Waals surface area (Å²) in [5.41, 5.74) is 4.62. The fourth-order valence-corrected chi connectivity index (χ4v) is 5.47. The minimum Gasteiger partial charge on any atom is -0.464 e. The number of rotatable bonds is 3. The maximum absolute atomic E-state index is 6.77. The molecule has 2 bridgehead atoms. The van der Waals surface area contributed by atoms with Crippen molar-refractivity contribution in [3.63, 3.8) is 0 Å². The van der Waals surface area contributed by atoms with Crippen LogP contribution in [0, 0.1) is 18.3 Å². The molecule has 3 nitrogen and oxygen atoms in total. The van der Waals surface area contributed by atoms with E-state index < -0.39 is 0 Å². The minimum absolute atomic E-state index is 0.107. The van der Waals surface area contributed by atoms with Crippen LogP contribution in [0.1, 0.15) is 38.3 Å². The average Bonchev–Trinajstić information content (AvgIpc) is 3.16. The molecule has 136 valence electrons. The van der Waals surface area contributed by atoms with Crippen molar-refractivity contribution in [1.29, 1.82) is 0 Å². The molecular formula is C21H24BClO3. The highest BCUT2D eigenvalue weighted by Crippen LogP contribution is 2.61. The zero-order valence-electron chi connectivity index (χ0n) is 15.7. The number of benzene rings is 1. The van der Waals surface area contributed by atoms with Gasteiger partial charge in [-0.3, -0.25) is 0 Å². The molecule has 1 aromatic heterocycles. The van der Waals surface area contributed by atoms with Gasteiger partial charge in [-0.25, -0.2) is 0 Å². The smallest absolute Gasteiger partial charge is 0.464 e. The Morgan fingerprint density at radius 3 is 2.88 bits per heavy atom. The van der Waals surface area contributed by atoms with Crippen LogP contribution in [0.15, 0.2) is 40.5 Å². The molecule has 0 N–H and O–H groups in total. The standard InChI is InChI=1S/C21H24BClO3/c1-12-6-5-7-15-13(11-24-19(12)15)8-18(23)22-25-17-10-14-9-16(20(14,2)3)21(17,4)26-22/h5-7,9,11,16-18H,8,10H2,1-4H3/t16-,17+,18+,21-/m0/s1. The van der Waals surface area contributed by atoms with Crippen LogP contribution in [-0.2, 0) is 15.7 Å². The molecule has 0 amide bonds. The summed E-state index contributed by atoms with van der Waals surface area (Å²) in [6, 6.07) is 6.20. The van der Waals surface area contributed by atoms with Crippen LogP contribution in [0.4, 0.5) is 0 Å². The Bertz CT molecular complexity index is 917. The summed E-state index contributed by atoms with van der Waals surface area (Å²) in [5, 5.41) is 0.883. The third-order valence-electron chi connectivity index (χ3n) is 6.89. The molecule has 1 aliphatic heterocycles. The van der Waals surface area contributed by atoms with E-state index in [1.807, 2.05) is 6.26 Å². The molecule has 0 radical (unpaired) electrons. The molecule has 0 spiro atoms. The van der Waals surface area contributed by atoms with Crippen molar-refractivity contribution < 1.29 is 13.7 Å². The second-order valence-corrected chi connectivity index (χ2v) is 9.38. The molecule has 2 aromatic rings. The Morgan fingerprint density at radius 2 is 2.12 bits per heavy atom. The number of alkyl halides is 1. The molecule has 4 atom stereocenters. The van der Waals surface area contributed by atoms with Gasteiger partial charge in [0.25, 0.3) is 0 Å². The van der Waals surface area contributed by atoms with E-state index in [0.29, 0.717) is 12.3 Å². The lowest BCUT2D eigenvalue weighted by Crippen LogP contribution is -2.59. The highest BCUT2D eigenvalue weighted by Gasteiger charge is 2.64. The predicted molar refractivity (Wildman–Crippen MR) is 104 cm³/mol. The Morgan fingerprint density at radius 1 is 1.31 bits per heavy atom. The number of hydrogen-bond acceptors (Lipinski definition) is 3. The van der Waals surface area contributed by atoms with E-state index in [0.717, 1.165) is 28.5 Å². The van der Waals surface area contributed by atoms with Gasteiger partial charge in [0, 0.05) is 11.3 Å². The van der Waals surface area contributed by atoms with Crippen LogP contribution in [0.2, 0.25) is 0 Å². The minimum atomic E-state index is -0.384. The average molecular weight is 371 g/mol. The Balaban J connectivity index is 1.36. The number of para-hydroxylation sites is 1. The molecule has 6 rings (SSSR count). The van der Waals surface area contributed by atoms with Gasteiger partial charge in [0.05, 0.1) is 23.2 Å². The van der Waals surface area contributed by atoms with Crippen LogP contribution in [0.25, 0.3) is 11.0 Å². The Kier molecular flexibility index (Phi) is 3.51. The largest absolute Gasteiger partial charge is 0.477 e. The topological polar surface area (TPSA) is 31.6 Å². The summed E-state index contributed by atoms with van der Waals surface area (Å²) >= 11 is 6.77. The van der Waals surface area contributed by atoms with E-state index in [1.165, 1.54) is 5.57 Å². The summed E-state index contributed by atoms with van der Waals surface area (Å²) in [7, 11) is -0.384. The normalized spacial score (nSPS) is 33.0. The van der Waals surface area contributed by atoms with Crippen molar-refractivity contribution in [2.45, 2.75) is 57.5 Å². The third kappa shape index (κ3) is 2.16. The van der Waals surface area contributed by atoms with Crippen LogP contribution in [0.5, 0.6) is 0 Å². The Hall–Kier alpha value is -1.23. The molecule has 5 heteroatoms. The van der Waals surface area contributed by atoms with E-state index in [4.69, 9.17) is 25.3 Å². The molecule has 2 fully saturated rings. The second kappa shape index (κ2) is 5.40. The molecular weight excluding hydrogens is 346 g/mol. The van der Waals surface area contributed by atoms with Gasteiger partial charge in [0.15, 0.2) is 0 Å². The van der Waals surface area contributed by atoms with Crippen molar-refractivity contribution in [2.75, 3.05) is 0 Å². The molecule has 1 aromatic carbocycles. The Labute approximate surface area is 159 Å². The SMILES string of the molecule is Cc1cccc2c(C[C@@H](Cl)B3O[C@@H]4CC5=C[C@@H](C5(C)C)[C@]4(C)O3)coc12. The van der Waals surface area contributed by atoms with Gasteiger partial charge in [0.1, 0.15) is 5.58 Å². The summed E-state index contributed by atoms with van der Waals surface area (Å²) in [5.74, 6) is 0.398. The van der Waals surface area contributed by atoms with E-state index in [-0.39, 0.29) is 29.5 Å². The monoisotopic (exact) mass is 370 g/mol. The fourth-order valence-electron chi connectivity index (χ4n) is 5.19. The first-order valence-corrected chi connectivity index (χ1v) is 9.88. The van der Waals surface area contributed by atoms with Gasteiger partial charge in [0.2, 0.25) is 0 Å². The summed E-state index contributed by atoms with van der Waals surface area (Å²) in [6.07, 6.45) is 5.92. The predicted octanol–water partition coefficient (Wildman–Crippen LogP) is 5.08. The zero-order chi connectivity index (χ0) is 18.3. The first-order chi connectivity index (χ1) is 12.3. The van der Waals surface area contributed by atoms with Gasteiger partial charge in [-0.15, -0.1) is 11.6 Å². The molecule has 4 aliphatic rings. The number of aryl methyl sites for hydroxylation is 1. The van der Waals surface area contributed by atoms with E-state index in [1.54, 1.807) is 0 Å². The van der Waals surface area contributed by atoms with Crippen molar-refractivity contribution in [1.82, 2.24) is 0 Å². The van der Waals surface area contributed by atoms with Gasteiger partial charge in [-0.2, -0.15) is 0 Å². The van der Waals surface area contributed by atoms with Crippen LogP contribution in [-0.4, -0.2) is 24.1 Å². The molecule has 26 heavy (non-hydrogen) atoms. The number of halogens is 1. The molecule has 3 aliphatic carbocycles. The number of hydrogen-bond donors (Lipinski definition) is 0. The lowest BCUT2D eigenvalue weighted by Gasteiger charge is -2.58. The van der Waals surface area contributed by atoms with Crippen LogP contribution in [0.3, 0.4) is 0 Å². The van der Waals surface area contributed by atoms with E-state index >= 15 is 0 Å². The summed E-state index contributed by atoms with van der Waals surface area (Å²) in [6.45, 7) is 8.87.